The number of amides is 2. The van der Waals surface area contributed by atoms with E-state index in [4.69, 9.17) is 4.52 Å². The minimum atomic E-state index is -3.91. The van der Waals surface area contributed by atoms with Gasteiger partial charge in [0.1, 0.15) is 16.6 Å². The van der Waals surface area contributed by atoms with Crippen molar-refractivity contribution in [3.05, 3.63) is 11.5 Å². The molecule has 2 rings (SSSR count). The molecule has 1 aromatic rings. The third-order valence-corrected chi connectivity index (χ3v) is 4.49. The highest BCUT2D eigenvalue weighted by Gasteiger charge is 2.33. The maximum absolute atomic E-state index is 12.2. The van der Waals surface area contributed by atoms with Gasteiger partial charge in [0.2, 0.25) is 21.8 Å². The molecular weight excluding hydrogens is 274 g/mol. The molecule has 9 heteroatoms. The van der Waals surface area contributed by atoms with E-state index >= 15 is 0 Å². The predicted molar refractivity (Wildman–Crippen MR) is 62.5 cm³/mol. The SMILES string of the molecule is Cc1noc(C)c1S(=O)(=O)NC1CCC(=O)NC1=O. The molecular formula is C10H13N3O5S. The van der Waals surface area contributed by atoms with Crippen molar-refractivity contribution in [3.63, 3.8) is 0 Å². The van der Waals surface area contributed by atoms with Gasteiger partial charge in [0, 0.05) is 6.42 Å². The number of nitrogens with zero attached hydrogens (tertiary/aromatic N) is 1. The van der Waals surface area contributed by atoms with Gasteiger partial charge in [-0.1, -0.05) is 5.16 Å². The van der Waals surface area contributed by atoms with Crippen molar-refractivity contribution in [2.24, 2.45) is 0 Å². The second-order valence-electron chi connectivity index (χ2n) is 4.28. The number of carbonyl (C=O) groups excluding carboxylic acids is 2. The lowest BCUT2D eigenvalue weighted by molar-refractivity contribution is -0.134. The van der Waals surface area contributed by atoms with Crippen molar-refractivity contribution in [2.75, 3.05) is 0 Å². The number of piperidine rings is 1. The zero-order chi connectivity index (χ0) is 14.2. The summed E-state index contributed by atoms with van der Waals surface area (Å²) in [6.45, 7) is 2.97. The van der Waals surface area contributed by atoms with Gasteiger partial charge in [-0.25, -0.2) is 8.42 Å². The van der Waals surface area contributed by atoms with E-state index < -0.39 is 27.9 Å². The summed E-state index contributed by atoms with van der Waals surface area (Å²) in [5.41, 5.74) is 0.220. The smallest absolute Gasteiger partial charge is 0.246 e. The highest BCUT2D eigenvalue weighted by Crippen LogP contribution is 2.19. The van der Waals surface area contributed by atoms with E-state index in [-0.39, 0.29) is 29.2 Å². The number of carbonyl (C=O) groups is 2. The Morgan fingerprint density at radius 3 is 2.58 bits per heavy atom. The standard InChI is InChI=1S/C10H13N3O5S/c1-5-9(6(2)18-12-5)19(16,17)13-7-3-4-8(14)11-10(7)15/h7,13H,3-4H2,1-2H3,(H,11,14,15). The van der Waals surface area contributed by atoms with E-state index in [0.717, 1.165) is 0 Å². The highest BCUT2D eigenvalue weighted by atomic mass is 32.2. The van der Waals surface area contributed by atoms with Crippen LogP contribution in [0.5, 0.6) is 0 Å². The average molecular weight is 287 g/mol. The van der Waals surface area contributed by atoms with Crippen LogP contribution in [0.25, 0.3) is 0 Å². The molecule has 0 radical (unpaired) electrons. The highest BCUT2D eigenvalue weighted by molar-refractivity contribution is 7.89. The molecule has 2 heterocycles. The summed E-state index contributed by atoms with van der Waals surface area (Å²) in [6.07, 6.45) is 0.230. The first-order valence-electron chi connectivity index (χ1n) is 5.60. The van der Waals surface area contributed by atoms with Crippen molar-refractivity contribution in [1.29, 1.82) is 0 Å². The molecule has 2 amide bonds. The molecule has 1 aliphatic rings. The van der Waals surface area contributed by atoms with Crippen molar-refractivity contribution in [1.82, 2.24) is 15.2 Å². The number of sulfonamides is 1. The van der Waals surface area contributed by atoms with Crippen molar-refractivity contribution >= 4 is 21.8 Å². The second kappa shape index (κ2) is 4.74. The van der Waals surface area contributed by atoms with E-state index in [1.54, 1.807) is 0 Å². The normalized spacial score (nSPS) is 20.4. The number of aryl methyl sites for hydroxylation is 2. The molecule has 1 saturated heterocycles. The lowest BCUT2D eigenvalue weighted by atomic mass is 10.1. The van der Waals surface area contributed by atoms with Gasteiger partial charge in [-0.3, -0.25) is 14.9 Å². The molecule has 0 saturated carbocycles. The number of rotatable bonds is 3. The number of hydrogen-bond donors (Lipinski definition) is 2. The fourth-order valence-electron chi connectivity index (χ4n) is 1.91. The Bertz CT molecular complexity index is 614. The molecule has 0 aromatic carbocycles. The maximum Gasteiger partial charge on any atom is 0.246 e. The Balaban J connectivity index is 2.23. The monoisotopic (exact) mass is 287 g/mol. The second-order valence-corrected chi connectivity index (χ2v) is 5.93. The van der Waals surface area contributed by atoms with Gasteiger partial charge in [0.15, 0.2) is 5.76 Å². The topological polar surface area (TPSA) is 118 Å². The number of hydrogen-bond acceptors (Lipinski definition) is 6. The molecule has 1 unspecified atom stereocenters. The predicted octanol–water partition coefficient (Wildman–Crippen LogP) is -0.625. The summed E-state index contributed by atoms with van der Waals surface area (Å²) in [5.74, 6) is -0.901. The molecule has 1 aromatic heterocycles. The van der Waals surface area contributed by atoms with Gasteiger partial charge in [0.25, 0.3) is 0 Å². The van der Waals surface area contributed by atoms with Gasteiger partial charge < -0.3 is 4.52 Å². The van der Waals surface area contributed by atoms with E-state index in [9.17, 15) is 18.0 Å². The van der Waals surface area contributed by atoms with Crippen LogP contribution in [0.3, 0.4) is 0 Å². The Hall–Kier alpha value is -1.74. The summed E-state index contributed by atoms with van der Waals surface area (Å²) < 4.78 is 31.4. The van der Waals surface area contributed by atoms with Gasteiger partial charge in [0.05, 0.1) is 0 Å². The van der Waals surface area contributed by atoms with Crippen LogP contribution < -0.4 is 10.0 Å². The maximum atomic E-state index is 12.2. The minimum absolute atomic E-state index is 0.0720. The summed E-state index contributed by atoms with van der Waals surface area (Å²) in [7, 11) is -3.91. The molecule has 2 N–H and O–H groups in total. The Kier molecular flexibility index (Phi) is 3.42. The minimum Gasteiger partial charge on any atom is -0.360 e. The van der Waals surface area contributed by atoms with Crippen LogP contribution in [0.1, 0.15) is 24.3 Å². The lowest BCUT2D eigenvalue weighted by Crippen LogP contribution is -2.52. The fourth-order valence-corrected chi connectivity index (χ4v) is 3.47. The fraction of sp³-hybridized carbons (Fsp3) is 0.500. The number of nitrogens with one attached hydrogen (secondary N) is 2. The average Bonchev–Trinajstić information content (AvgIpc) is 2.63. The molecule has 0 spiro atoms. The molecule has 1 aliphatic heterocycles. The molecule has 1 atom stereocenters. The molecule has 8 nitrogen and oxygen atoms in total. The van der Waals surface area contributed by atoms with E-state index in [2.05, 4.69) is 15.2 Å². The Labute approximate surface area is 109 Å². The largest absolute Gasteiger partial charge is 0.360 e. The first-order valence-corrected chi connectivity index (χ1v) is 7.08. The van der Waals surface area contributed by atoms with Gasteiger partial charge in [-0.2, -0.15) is 4.72 Å². The molecule has 0 aliphatic carbocycles. The molecule has 104 valence electrons. The molecule has 1 fully saturated rings. The lowest BCUT2D eigenvalue weighted by Gasteiger charge is -2.21. The van der Waals surface area contributed by atoms with E-state index in [0.29, 0.717) is 0 Å². The third kappa shape index (κ3) is 2.66. The number of imide groups is 1. The summed E-state index contributed by atoms with van der Waals surface area (Å²) in [5, 5.41) is 5.64. The van der Waals surface area contributed by atoms with Crippen LogP contribution in [0.2, 0.25) is 0 Å². The molecule has 0 bridgehead atoms. The Morgan fingerprint density at radius 2 is 2.05 bits per heavy atom. The summed E-state index contributed by atoms with van der Waals surface area (Å²) >= 11 is 0. The van der Waals surface area contributed by atoms with Crippen LogP contribution in [0.15, 0.2) is 9.42 Å². The molecule has 19 heavy (non-hydrogen) atoms. The van der Waals surface area contributed by atoms with Crippen LogP contribution in [-0.2, 0) is 19.6 Å². The van der Waals surface area contributed by atoms with Gasteiger partial charge in [-0.15, -0.1) is 0 Å². The van der Waals surface area contributed by atoms with E-state index in [1.807, 2.05) is 0 Å². The van der Waals surface area contributed by atoms with E-state index in [1.165, 1.54) is 13.8 Å². The van der Waals surface area contributed by atoms with Crippen LogP contribution >= 0.6 is 0 Å². The number of aromatic nitrogens is 1. The summed E-state index contributed by atoms with van der Waals surface area (Å²) in [6, 6.07) is -0.962. The van der Waals surface area contributed by atoms with Crippen molar-refractivity contribution in [3.8, 4) is 0 Å². The van der Waals surface area contributed by atoms with Crippen molar-refractivity contribution in [2.45, 2.75) is 37.6 Å². The van der Waals surface area contributed by atoms with Crippen LogP contribution in [0, 0.1) is 13.8 Å². The quantitative estimate of drug-likeness (QED) is 0.715. The Morgan fingerprint density at radius 1 is 1.37 bits per heavy atom. The first kappa shape index (κ1) is 13.7. The first-order chi connectivity index (χ1) is 8.81. The van der Waals surface area contributed by atoms with Crippen LogP contribution in [0.4, 0.5) is 0 Å². The van der Waals surface area contributed by atoms with Gasteiger partial charge in [-0.05, 0) is 20.3 Å². The third-order valence-electron chi connectivity index (χ3n) is 2.77. The van der Waals surface area contributed by atoms with Crippen molar-refractivity contribution < 1.29 is 22.5 Å². The summed E-state index contributed by atoms with van der Waals surface area (Å²) in [4.78, 5) is 22.4. The zero-order valence-corrected chi connectivity index (χ0v) is 11.2. The zero-order valence-electron chi connectivity index (χ0n) is 10.4. The van der Waals surface area contributed by atoms with Gasteiger partial charge >= 0.3 is 0 Å². The van der Waals surface area contributed by atoms with Crippen LogP contribution in [-0.4, -0.2) is 31.4 Å².